The molecule has 0 bridgehead atoms. The molecule has 0 spiro atoms. The number of halogens is 3. The highest BCUT2D eigenvalue weighted by Gasteiger charge is 2.35. The summed E-state index contributed by atoms with van der Waals surface area (Å²) in [6, 6.07) is 17.7. The molecular weight excluding hydrogens is 611 g/mol. The first-order valence-electron chi connectivity index (χ1n) is 14.0. The van der Waals surface area contributed by atoms with E-state index in [0.717, 1.165) is 36.7 Å². The molecule has 44 heavy (non-hydrogen) atoms. The van der Waals surface area contributed by atoms with Gasteiger partial charge in [-0.15, -0.1) is 0 Å². The maximum Gasteiger partial charge on any atom is 0.417 e. The van der Waals surface area contributed by atoms with Crippen LogP contribution < -0.4 is 14.8 Å². The number of carbonyl (C=O) groups is 1. The lowest BCUT2D eigenvalue weighted by atomic mass is 9.93. The number of nitrogens with one attached hydrogen (secondary N) is 2. The number of carbonyl (C=O) groups excluding carboxylic acids is 1. The van der Waals surface area contributed by atoms with Crippen LogP contribution in [0.15, 0.2) is 77.7 Å². The third-order valence-electron chi connectivity index (χ3n) is 6.91. The Morgan fingerprint density at radius 3 is 2.43 bits per heavy atom. The minimum absolute atomic E-state index is 0.0158. The molecule has 1 heterocycles. The maximum absolute atomic E-state index is 14.1. The second-order valence-corrected chi connectivity index (χ2v) is 14.5. The predicted octanol–water partition coefficient (Wildman–Crippen LogP) is 8.46. The predicted molar refractivity (Wildman–Crippen MR) is 166 cm³/mol. The van der Waals surface area contributed by atoms with Crippen LogP contribution in [0.2, 0.25) is 0 Å². The first kappa shape index (κ1) is 31.5. The van der Waals surface area contributed by atoms with E-state index in [2.05, 4.69) is 35.8 Å². The lowest BCUT2D eigenvalue weighted by Gasteiger charge is -2.18. The third-order valence-corrected chi connectivity index (χ3v) is 9.40. The molecule has 1 aliphatic rings. The van der Waals surface area contributed by atoms with Gasteiger partial charge in [0.1, 0.15) is 5.75 Å². The van der Waals surface area contributed by atoms with Gasteiger partial charge in [-0.05, 0) is 66.6 Å². The van der Waals surface area contributed by atoms with Crippen LogP contribution in [0.3, 0.4) is 0 Å². The van der Waals surface area contributed by atoms with E-state index >= 15 is 0 Å². The van der Waals surface area contributed by atoms with Crippen LogP contribution in [0.1, 0.15) is 45.6 Å². The van der Waals surface area contributed by atoms with Crippen LogP contribution in [0.4, 0.5) is 24.0 Å². The van der Waals surface area contributed by atoms with Crippen molar-refractivity contribution in [2.75, 3.05) is 16.6 Å². The Morgan fingerprint density at radius 2 is 1.73 bits per heavy atom. The molecule has 1 aliphatic carbocycles. The lowest BCUT2D eigenvalue weighted by molar-refractivity contribution is -0.137. The number of nitrogens with zero attached hydrogens (tertiary/aromatic N) is 1. The summed E-state index contributed by atoms with van der Waals surface area (Å²) in [4.78, 5) is 16.8. The third kappa shape index (κ3) is 7.78. The zero-order chi connectivity index (χ0) is 31.7. The lowest BCUT2D eigenvalue weighted by Crippen LogP contribution is -2.15. The largest absolute Gasteiger partial charge is 0.494 e. The molecule has 12 heteroatoms. The zero-order valence-electron chi connectivity index (χ0n) is 24.4. The molecule has 0 unspecified atom stereocenters. The van der Waals surface area contributed by atoms with Gasteiger partial charge in [0, 0.05) is 17.2 Å². The van der Waals surface area contributed by atoms with Crippen molar-refractivity contribution < 1.29 is 31.1 Å². The summed E-state index contributed by atoms with van der Waals surface area (Å²) in [6.07, 6.45) is -2.28. The number of alkyl halides is 3. The smallest absolute Gasteiger partial charge is 0.417 e. The molecule has 0 aliphatic heterocycles. The second-order valence-electron chi connectivity index (χ2n) is 11.8. The van der Waals surface area contributed by atoms with Crippen LogP contribution in [-0.2, 0) is 21.0 Å². The highest BCUT2D eigenvalue weighted by molar-refractivity contribution is 7.93. The van der Waals surface area contributed by atoms with Gasteiger partial charge in [-0.25, -0.2) is 13.4 Å². The van der Waals surface area contributed by atoms with Crippen LogP contribution in [0.5, 0.6) is 5.75 Å². The number of sulfonamides is 1. The van der Waals surface area contributed by atoms with E-state index in [1.807, 2.05) is 0 Å². The quantitative estimate of drug-likeness (QED) is 0.181. The molecular formula is C32H32F3N3O4S2. The van der Waals surface area contributed by atoms with Gasteiger partial charge in [-0.2, -0.15) is 13.2 Å². The fourth-order valence-corrected chi connectivity index (χ4v) is 6.64. The fourth-order valence-electron chi connectivity index (χ4n) is 4.39. The number of hydrogen-bond donors (Lipinski definition) is 2. The van der Waals surface area contributed by atoms with Crippen LogP contribution in [-0.4, -0.2) is 25.9 Å². The Morgan fingerprint density at radius 1 is 1.00 bits per heavy atom. The van der Waals surface area contributed by atoms with Crippen molar-refractivity contribution in [1.29, 1.82) is 0 Å². The average molecular weight is 644 g/mol. The summed E-state index contributed by atoms with van der Waals surface area (Å²) in [5, 5.41) is 2.61. The van der Waals surface area contributed by atoms with Crippen molar-refractivity contribution in [2.24, 2.45) is 11.3 Å². The van der Waals surface area contributed by atoms with Crippen molar-refractivity contribution in [3.8, 4) is 27.4 Å². The van der Waals surface area contributed by atoms with E-state index in [9.17, 15) is 26.4 Å². The summed E-state index contributed by atoms with van der Waals surface area (Å²) in [5.74, 6) is 0.291. The van der Waals surface area contributed by atoms with Crippen LogP contribution in [0, 0.1) is 11.3 Å². The SMILES string of the molecule is CC(C)(C)CCOc1cccc(-c2sc(NS(=O)(=O)c3cccc(NC(=O)C4CC4)c3)nc2-c2ccccc2C(F)(F)F)c1. The van der Waals surface area contributed by atoms with Gasteiger partial charge < -0.3 is 10.1 Å². The molecule has 232 valence electrons. The Balaban J connectivity index is 1.51. The number of anilines is 2. The summed E-state index contributed by atoms with van der Waals surface area (Å²) >= 11 is 0.918. The van der Waals surface area contributed by atoms with E-state index in [4.69, 9.17) is 4.74 Å². The molecule has 7 nitrogen and oxygen atoms in total. The summed E-state index contributed by atoms with van der Waals surface area (Å²) in [7, 11) is -4.22. The van der Waals surface area contributed by atoms with Crippen LogP contribution in [0.25, 0.3) is 21.7 Å². The first-order chi connectivity index (χ1) is 20.7. The molecule has 1 aromatic heterocycles. The Bertz CT molecular complexity index is 1780. The van der Waals surface area contributed by atoms with Gasteiger partial charge >= 0.3 is 6.18 Å². The molecule has 1 saturated carbocycles. The molecule has 1 fully saturated rings. The minimum atomic E-state index is -4.67. The van der Waals surface area contributed by atoms with E-state index in [1.54, 1.807) is 30.3 Å². The summed E-state index contributed by atoms with van der Waals surface area (Å²) in [5.41, 5.74) is -0.181. The molecule has 5 rings (SSSR count). The summed E-state index contributed by atoms with van der Waals surface area (Å²) in [6.45, 7) is 6.73. The van der Waals surface area contributed by atoms with E-state index < -0.39 is 21.8 Å². The van der Waals surface area contributed by atoms with Gasteiger partial charge in [-0.3, -0.25) is 9.52 Å². The molecule has 1 amide bonds. The van der Waals surface area contributed by atoms with Crippen LogP contribution >= 0.6 is 11.3 Å². The van der Waals surface area contributed by atoms with E-state index in [1.165, 1.54) is 36.4 Å². The van der Waals surface area contributed by atoms with E-state index in [0.29, 0.717) is 28.5 Å². The Kier molecular flexibility index (Phi) is 8.77. The Labute approximate surface area is 258 Å². The normalized spacial score (nSPS) is 13.9. The highest BCUT2D eigenvalue weighted by Crippen LogP contribution is 2.45. The molecule has 4 aromatic rings. The van der Waals surface area contributed by atoms with Gasteiger partial charge in [0.15, 0.2) is 5.13 Å². The zero-order valence-corrected chi connectivity index (χ0v) is 26.0. The standard InChI is InChI=1S/C32H32F3N3O4S2/c1-31(2,3)16-17-42-23-10-6-8-21(18-23)28-27(25-12-4-5-13-26(25)32(33,34)35)37-30(43-28)38-44(40,41)24-11-7-9-22(19-24)36-29(39)20-14-15-20/h4-13,18-20H,14-17H2,1-3H3,(H,36,39)(H,37,38). The van der Waals surface area contributed by atoms with E-state index in [-0.39, 0.29) is 38.5 Å². The van der Waals surface area contributed by atoms with Crippen molar-refractivity contribution in [3.05, 3.63) is 78.4 Å². The average Bonchev–Trinajstić information content (AvgIpc) is 3.73. The highest BCUT2D eigenvalue weighted by atomic mass is 32.2. The molecule has 3 aromatic carbocycles. The van der Waals surface area contributed by atoms with Gasteiger partial charge in [0.25, 0.3) is 10.0 Å². The number of amides is 1. The number of benzene rings is 3. The fraction of sp³-hybridized carbons (Fsp3) is 0.312. The molecule has 0 radical (unpaired) electrons. The number of aromatic nitrogens is 1. The van der Waals surface area contributed by atoms with Gasteiger partial charge in [-0.1, -0.05) is 68.5 Å². The second kappa shape index (κ2) is 12.2. The number of thiazole rings is 1. The summed E-state index contributed by atoms with van der Waals surface area (Å²) < 4.78 is 77.4. The Hall–Kier alpha value is -3.90. The van der Waals surface area contributed by atoms with Crippen molar-refractivity contribution in [3.63, 3.8) is 0 Å². The first-order valence-corrected chi connectivity index (χ1v) is 16.3. The number of ether oxygens (including phenoxy) is 1. The van der Waals surface area contributed by atoms with Crippen molar-refractivity contribution in [1.82, 2.24) is 4.98 Å². The number of hydrogen-bond acceptors (Lipinski definition) is 6. The number of rotatable bonds is 10. The minimum Gasteiger partial charge on any atom is -0.494 e. The monoisotopic (exact) mass is 643 g/mol. The molecule has 2 N–H and O–H groups in total. The van der Waals surface area contributed by atoms with Crippen molar-refractivity contribution in [2.45, 2.75) is 51.1 Å². The van der Waals surface area contributed by atoms with Gasteiger partial charge in [0.2, 0.25) is 5.91 Å². The molecule has 0 saturated heterocycles. The maximum atomic E-state index is 14.1. The molecule has 0 atom stereocenters. The topological polar surface area (TPSA) is 97.4 Å². The van der Waals surface area contributed by atoms with Crippen molar-refractivity contribution >= 4 is 38.1 Å². The van der Waals surface area contributed by atoms with Gasteiger partial charge in [0.05, 0.1) is 27.6 Å².